The molecule has 0 unspecified atom stereocenters. The van der Waals surface area contributed by atoms with Gasteiger partial charge < -0.3 is 38.7 Å². The molecule has 14 nitrogen and oxygen atoms in total. The Morgan fingerprint density at radius 3 is 1.13 bits per heavy atom. The average Bonchev–Trinajstić information content (AvgIpc) is 3.00. The van der Waals surface area contributed by atoms with Crippen molar-refractivity contribution in [1.82, 2.24) is 0 Å². The Labute approximate surface area is 267 Å². The predicted octanol–water partition coefficient (Wildman–Crippen LogP) is 6.44. The third kappa shape index (κ3) is 9.23. The molecule has 0 spiro atoms. The molecule has 2 N–H and O–H groups in total. The fraction of sp³-hybridized carbons (Fsp3) is 0.571. The van der Waals surface area contributed by atoms with E-state index in [4.69, 9.17) is 18.1 Å². The van der Waals surface area contributed by atoms with Gasteiger partial charge in [0.2, 0.25) is 10.7 Å². The molecule has 0 radical (unpaired) electrons. The van der Waals surface area contributed by atoms with Crippen molar-refractivity contribution in [2.75, 3.05) is 41.5 Å². The summed E-state index contributed by atoms with van der Waals surface area (Å²) in [6.45, 7) is 8.28. The van der Waals surface area contributed by atoms with Crippen molar-refractivity contribution < 1.29 is 55.9 Å². The van der Waals surface area contributed by atoms with E-state index in [1.54, 1.807) is 41.5 Å². The summed E-state index contributed by atoms with van der Waals surface area (Å²) in [5.41, 5.74) is -2.39. The summed E-state index contributed by atoms with van der Waals surface area (Å²) in [7, 11) is -4.15. The third-order valence-corrected chi connectivity index (χ3v) is 11.0. The first-order valence-corrected chi connectivity index (χ1v) is 16.8. The zero-order valence-electron chi connectivity index (χ0n) is 27.6. The minimum absolute atomic E-state index is 0.321. The molecule has 0 aromatic heterocycles. The smallest absolute Gasteiger partial charge is 0.368 e. The highest BCUT2D eigenvalue weighted by atomic mass is 31.2. The maximum atomic E-state index is 14.1. The Hall–Kier alpha value is -2.68. The van der Waals surface area contributed by atoms with Crippen LogP contribution in [-0.2, 0) is 37.9 Å². The average molecular weight is 697 g/mol. The van der Waals surface area contributed by atoms with Gasteiger partial charge in [-0.2, -0.15) is 0 Å². The lowest BCUT2D eigenvalue weighted by Gasteiger charge is -2.31. The van der Waals surface area contributed by atoms with Gasteiger partial charge in [0.1, 0.15) is 24.7 Å². The number of azo groups is 2. The minimum atomic E-state index is -4.20. The highest BCUT2D eigenvalue weighted by molar-refractivity contribution is 7.55. The standard InChI is InChI=1S/2C14H22FN2O5P/c2*1-13(2,3)17(19)16-10-14(18,23(20,21-4)22-5)11-8-6-7-9-12(11)15/h2*6-9,18H,10H2,1-5H3/t2*14-/m11/s1. The van der Waals surface area contributed by atoms with Crippen LogP contribution >= 0.6 is 15.2 Å². The van der Waals surface area contributed by atoms with E-state index in [0.717, 1.165) is 40.6 Å². The molecule has 46 heavy (non-hydrogen) atoms. The number of rotatable bonds is 12. The second kappa shape index (κ2) is 15.9. The molecule has 2 aromatic rings. The Balaban J connectivity index is 0.000000460. The van der Waals surface area contributed by atoms with Gasteiger partial charge in [-0.3, -0.25) is 9.13 Å². The Bertz CT molecular complexity index is 1360. The van der Waals surface area contributed by atoms with Crippen LogP contribution in [0.2, 0.25) is 0 Å². The molecule has 0 heterocycles. The van der Waals surface area contributed by atoms with Gasteiger partial charge in [-0.15, -0.1) is 0 Å². The summed E-state index contributed by atoms with van der Waals surface area (Å²) in [5, 5.41) is 48.1. The van der Waals surface area contributed by atoms with E-state index in [0.29, 0.717) is 9.72 Å². The molecule has 0 saturated carbocycles. The van der Waals surface area contributed by atoms with Crippen LogP contribution in [0.4, 0.5) is 8.78 Å². The molecule has 0 aliphatic rings. The van der Waals surface area contributed by atoms with Gasteiger partial charge in [-0.05, 0) is 22.4 Å². The van der Waals surface area contributed by atoms with Gasteiger partial charge in [0, 0.05) is 81.1 Å². The summed E-state index contributed by atoms with van der Waals surface area (Å²) >= 11 is 0. The highest BCUT2D eigenvalue weighted by Gasteiger charge is 2.54. The first-order chi connectivity index (χ1) is 21.0. The first-order valence-electron chi connectivity index (χ1n) is 13.7. The van der Waals surface area contributed by atoms with E-state index < -0.39 is 61.7 Å². The predicted molar refractivity (Wildman–Crippen MR) is 165 cm³/mol. The number of nitrogens with zero attached hydrogens (tertiary/aromatic N) is 4. The largest absolute Gasteiger partial charge is 0.600 e. The number of hydroxylamine groups is 2. The fourth-order valence-electron chi connectivity index (χ4n) is 3.71. The number of benzene rings is 2. The van der Waals surface area contributed by atoms with E-state index in [9.17, 15) is 38.5 Å². The Kier molecular flexibility index (Phi) is 14.3. The lowest BCUT2D eigenvalue weighted by molar-refractivity contribution is -0.600. The highest BCUT2D eigenvalue weighted by Crippen LogP contribution is 2.64. The summed E-state index contributed by atoms with van der Waals surface area (Å²) in [4.78, 5) is 0.711. The monoisotopic (exact) mass is 696 g/mol. The van der Waals surface area contributed by atoms with E-state index in [-0.39, 0.29) is 11.1 Å². The summed E-state index contributed by atoms with van der Waals surface area (Å²) in [5.74, 6) is -1.62. The van der Waals surface area contributed by atoms with Crippen LogP contribution in [-0.4, -0.2) is 72.5 Å². The molecule has 18 heteroatoms. The topological polar surface area (TPSA) is 188 Å². The van der Waals surface area contributed by atoms with Crippen LogP contribution in [0.5, 0.6) is 0 Å². The van der Waals surface area contributed by atoms with E-state index in [1.165, 1.54) is 36.4 Å². The summed E-state index contributed by atoms with van der Waals surface area (Å²) in [6.07, 6.45) is 0. The SMILES string of the molecule is COP(=O)(OC)[C@](O)(CN=[N+]([O-])C(C)(C)C)c1ccccc1F.COP(=O)(OC)[C@](O)(CN=[N+]([O-])C(C)(C)C)c1ccccc1F. The second-order valence-electron chi connectivity index (χ2n) is 11.8. The van der Waals surface area contributed by atoms with Crippen LogP contribution in [0.15, 0.2) is 58.8 Å². The molecule has 0 saturated heterocycles. The fourth-order valence-corrected chi connectivity index (χ4v) is 6.65. The van der Waals surface area contributed by atoms with Gasteiger partial charge in [-0.25, -0.2) is 8.78 Å². The van der Waals surface area contributed by atoms with Crippen molar-refractivity contribution in [1.29, 1.82) is 0 Å². The van der Waals surface area contributed by atoms with Crippen molar-refractivity contribution in [2.24, 2.45) is 10.2 Å². The van der Waals surface area contributed by atoms with Crippen molar-refractivity contribution in [3.8, 4) is 0 Å². The lowest BCUT2D eigenvalue weighted by atomic mass is 10.1. The Morgan fingerprint density at radius 1 is 0.652 bits per heavy atom. The Morgan fingerprint density at radius 2 is 0.913 bits per heavy atom. The molecule has 2 aromatic carbocycles. The van der Waals surface area contributed by atoms with Crippen LogP contribution in [0.25, 0.3) is 0 Å². The van der Waals surface area contributed by atoms with Crippen molar-refractivity contribution in [3.63, 3.8) is 0 Å². The van der Waals surface area contributed by atoms with E-state index in [2.05, 4.69) is 10.2 Å². The van der Waals surface area contributed by atoms with Gasteiger partial charge >= 0.3 is 15.2 Å². The van der Waals surface area contributed by atoms with E-state index in [1.807, 2.05) is 0 Å². The molecule has 0 fully saturated rings. The van der Waals surface area contributed by atoms with Crippen LogP contribution in [0.1, 0.15) is 52.7 Å². The first kappa shape index (κ1) is 41.3. The molecule has 260 valence electrons. The van der Waals surface area contributed by atoms with Crippen molar-refractivity contribution in [3.05, 3.63) is 81.7 Å². The van der Waals surface area contributed by atoms with Crippen LogP contribution < -0.4 is 0 Å². The number of halogens is 2. The van der Waals surface area contributed by atoms with E-state index >= 15 is 0 Å². The van der Waals surface area contributed by atoms with Gasteiger partial charge in [0.25, 0.3) is 0 Å². The molecule has 0 aliphatic carbocycles. The van der Waals surface area contributed by atoms with Gasteiger partial charge in [0.15, 0.2) is 11.1 Å². The second-order valence-corrected chi connectivity index (χ2v) is 16.7. The molecule has 0 aliphatic heterocycles. The normalized spacial score (nSPS) is 16.2. The molecular weight excluding hydrogens is 652 g/mol. The minimum Gasteiger partial charge on any atom is -0.600 e. The quantitative estimate of drug-likeness (QED) is 0.108. The molecule has 0 amide bonds. The van der Waals surface area contributed by atoms with Crippen LogP contribution in [0.3, 0.4) is 0 Å². The summed E-state index contributed by atoms with van der Waals surface area (Å²) in [6, 6.07) is 10.4. The summed E-state index contributed by atoms with van der Waals surface area (Å²) < 4.78 is 73.0. The van der Waals surface area contributed by atoms with Crippen LogP contribution in [0, 0.1) is 22.0 Å². The number of aliphatic hydroxyl groups is 2. The number of hydrogen-bond donors (Lipinski definition) is 2. The zero-order valence-corrected chi connectivity index (χ0v) is 29.4. The number of hydrogen-bond acceptors (Lipinski definition) is 12. The lowest BCUT2D eigenvalue weighted by Crippen LogP contribution is -2.34. The van der Waals surface area contributed by atoms with Crippen molar-refractivity contribution in [2.45, 2.75) is 63.3 Å². The molecular formula is C28H44F2N4O10P2. The maximum absolute atomic E-state index is 14.1. The zero-order chi connectivity index (χ0) is 35.8. The maximum Gasteiger partial charge on any atom is 0.368 e. The molecule has 0 bridgehead atoms. The van der Waals surface area contributed by atoms with Gasteiger partial charge in [0.05, 0.1) is 0 Å². The van der Waals surface area contributed by atoms with Crippen molar-refractivity contribution >= 4 is 15.2 Å². The molecule has 2 atom stereocenters. The molecule has 2 rings (SSSR count). The van der Waals surface area contributed by atoms with Gasteiger partial charge in [-0.1, -0.05) is 46.1 Å². The third-order valence-electron chi connectivity index (χ3n) is 6.46.